The van der Waals surface area contributed by atoms with Crippen LogP contribution >= 0.6 is 0 Å². The molecule has 64 valence electrons. The van der Waals surface area contributed by atoms with Gasteiger partial charge in [0.25, 0.3) is 5.91 Å². The monoisotopic (exact) mass is 169 g/mol. The van der Waals surface area contributed by atoms with E-state index in [1.165, 1.54) is 6.07 Å². The van der Waals surface area contributed by atoms with Gasteiger partial charge in [0, 0.05) is 0 Å². The van der Waals surface area contributed by atoms with Crippen LogP contribution in [-0.2, 0) is 0 Å². The molecule has 0 fully saturated rings. The fourth-order valence-corrected chi connectivity index (χ4v) is 0.905. The van der Waals surface area contributed by atoms with Crippen molar-refractivity contribution in [2.45, 2.75) is 6.92 Å². The topological polar surface area (TPSA) is 63.3 Å². The number of amides is 1. The molecule has 0 saturated heterocycles. The third-order valence-corrected chi connectivity index (χ3v) is 1.58. The van der Waals surface area contributed by atoms with Crippen molar-refractivity contribution in [3.8, 4) is 5.75 Å². The lowest BCUT2D eigenvalue weighted by Crippen LogP contribution is -2.13. The van der Waals surface area contributed by atoms with Crippen molar-refractivity contribution in [3.63, 3.8) is 0 Å². The molecule has 0 saturated carbocycles. The van der Waals surface area contributed by atoms with Crippen molar-refractivity contribution in [2.24, 2.45) is 5.73 Å². The van der Waals surface area contributed by atoms with Crippen LogP contribution in [0.25, 0.3) is 0 Å². The van der Waals surface area contributed by atoms with Gasteiger partial charge in [-0.05, 0) is 18.6 Å². The van der Waals surface area contributed by atoms with Gasteiger partial charge in [-0.1, -0.05) is 6.07 Å². The number of hydrogen-bond donors (Lipinski definition) is 2. The molecule has 12 heavy (non-hydrogen) atoms. The molecule has 3 nitrogen and oxygen atoms in total. The van der Waals surface area contributed by atoms with Crippen LogP contribution in [0, 0.1) is 12.7 Å². The van der Waals surface area contributed by atoms with Crippen molar-refractivity contribution in [1.29, 1.82) is 0 Å². The highest BCUT2D eigenvalue weighted by Gasteiger charge is 2.14. The maximum Gasteiger partial charge on any atom is 0.255 e. The number of halogens is 1. The molecule has 1 aromatic carbocycles. The van der Waals surface area contributed by atoms with E-state index < -0.39 is 17.3 Å². The lowest BCUT2D eigenvalue weighted by molar-refractivity contribution is 0.0993. The molecule has 4 heteroatoms. The summed E-state index contributed by atoms with van der Waals surface area (Å²) in [4.78, 5) is 10.6. The molecule has 0 bridgehead atoms. The van der Waals surface area contributed by atoms with Gasteiger partial charge in [-0.15, -0.1) is 0 Å². The minimum absolute atomic E-state index is 0.387. The zero-order chi connectivity index (χ0) is 9.30. The molecule has 0 heterocycles. The van der Waals surface area contributed by atoms with E-state index in [-0.39, 0.29) is 5.75 Å². The largest absolute Gasteiger partial charge is 0.507 e. The highest BCUT2D eigenvalue weighted by Crippen LogP contribution is 2.23. The number of aryl methyl sites for hydroxylation is 1. The molecule has 3 N–H and O–H groups in total. The van der Waals surface area contributed by atoms with Gasteiger partial charge in [0.05, 0.1) is 0 Å². The molecule has 1 amide bonds. The summed E-state index contributed by atoms with van der Waals surface area (Å²) in [5.41, 5.74) is 4.82. The first-order chi connectivity index (χ1) is 5.54. The van der Waals surface area contributed by atoms with E-state index in [1.807, 2.05) is 0 Å². The summed E-state index contributed by atoms with van der Waals surface area (Å²) < 4.78 is 12.8. The van der Waals surface area contributed by atoms with Gasteiger partial charge in [-0.2, -0.15) is 0 Å². The standard InChI is InChI=1S/C8H8FNO2/c1-4-2-3-5(9)6(7(4)11)8(10)12/h2-3,11H,1H3,(H2,10,12). The number of aromatic hydroxyl groups is 1. The molecule has 0 aromatic heterocycles. The van der Waals surface area contributed by atoms with Crippen LogP contribution in [-0.4, -0.2) is 11.0 Å². The maximum absolute atomic E-state index is 12.8. The highest BCUT2D eigenvalue weighted by molar-refractivity contribution is 5.96. The van der Waals surface area contributed by atoms with E-state index in [1.54, 1.807) is 6.92 Å². The predicted octanol–water partition coefficient (Wildman–Crippen LogP) is 0.939. The second-order valence-corrected chi connectivity index (χ2v) is 2.45. The van der Waals surface area contributed by atoms with E-state index in [9.17, 15) is 14.3 Å². The summed E-state index contributed by atoms with van der Waals surface area (Å²) in [5, 5.41) is 9.21. The van der Waals surface area contributed by atoms with Crippen LogP contribution in [0.5, 0.6) is 5.75 Å². The minimum Gasteiger partial charge on any atom is -0.507 e. The Bertz CT molecular complexity index is 336. The van der Waals surface area contributed by atoms with Crippen LogP contribution in [0.4, 0.5) is 4.39 Å². The van der Waals surface area contributed by atoms with E-state index in [0.29, 0.717) is 5.56 Å². The normalized spacial score (nSPS) is 9.83. The Morgan fingerprint density at radius 2 is 2.17 bits per heavy atom. The van der Waals surface area contributed by atoms with E-state index in [4.69, 9.17) is 5.73 Å². The number of nitrogens with two attached hydrogens (primary N) is 1. The zero-order valence-corrected chi connectivity index (χ0v) is 6.47. The van der Waals surface area contributed by atoms with E-state index in [0.717, 1.165) is 6.07 Å². The first-order valence-corrected chi connectivity index (χ1v) is 3.32. The first-order valence-electron chi connectivity index (χ1n) is 3.32. The highest BCUT2D eigenvalue weighted by atomic mass is 19.1. The second kappa shape index (κ2) is 2.81. The van der Waals surface area contributed by atoms with Gasteiger partial charge in [0.2, 0.25) is 0 Å². The lowest BCUT2D eigenvalue weighted by atomic mass is 10.1. The SMILES string of the molecule is Cc1ccc(F)c(C(N)=O)c1O. The summed E-state index contributed by atoms with van der Waals surface area (Å²) in [6, 6.07) is 2.46. The van der Waals surface area contributed by atoms with Gasteiger partial charge < -0.3 is 10.8 Å². The average Bonchev–Trinajstić information content (AvgIpc) is 1.97. The molecular formula is C8H8FNO2. The average molecular weight is 169 g/mol. The molecule has 0 spiro atoms. The Kier molecular flexibility index (Phi) is 1.99. The van der Waals surface area contributed by atoms with Crippen LogP contribution in [0.2, 0.25) is 0 Å². The first kappa shape index (κ1) is 8.52. The summed E-state index contributed by atoms with van der Waals surface area (Å²) in [7, 11) is 0. The van der Waals surface area contributed by atoms with Gasteiger partial charge >= 0.3 is 0 Å². The van der Waals surface area contributed by atoms with Crippen molar-refractivity contribution < 1.29 is 14.3 Å². The minimum atomic E-state index is -0.964. The number of hydrogen-bond acceptors (Lipinski definition) is 2. The van der Waals surface area contributed by atoms with E-state index in [2.05, 4.69) is 0 Å². The van der Waals surface area contributed by atoms with Gasteiger partial charge in [-0.3, -0.25) is 4.79 Å². The molecule has 0 atom stereocenters. The smallest absolute Gasteiger partial charge is 0.255 e. The van der Waals surface area contributed by atoms with Gasteiger partial charge in [0.15, 0.2) is 0 Å². The third-order valence-electron chi connectivity index (χ3n) is 1.58. The Morgan fingerprint density at radius 1 is 1.58 bits per heavy atom. The second-order valence-electron chi connectivity index (χ2n) is 2.45. The molecular weight excluding hydrogens is 161 g/mol. The Labute approximate surface area is 68.6 Å². The third kappa shape index (κ3) is 1.23. The van der Waals surface area contributed by atoms with Crippen LogP contribution < -0.4 is 5.73 Å². The molecule has 0 aliphatic carbocycles. The number of carbonyl (C=O) groups excluding carboxylic acids is 1. The van der Waals surface area contributed by atoms with Crippen LogP contribution in [0.3, 0.4) is 0 Å². The zero-order valence-electron chi connectivity index (χ0n) is 6.47. The molecule has 0 radical (unpaired) electrons. The molecule has 0 unspecified atom stereocenters. The van der Waals surface area contributed by atoms with Crippen LogP contribution in [0.1, 0.15) is 15.9 Å². The van der Waals surface area contributed by atoms with Gasteiger partial charge in [0.1, 0.15) is 17.1 Å². The summed E-state index contributed by atoms with van der Waals surface area (Å²) in [6.45, 7) is 1.56. The quantitative estimate of drug-likeness (QED) is 0.657. The van der Waals surface area contributed by atoms with Crippen molar-refractivity contribution >= 4 is 5.91 Å². The molecule has 1 rings (SSSR count). The lowest BCUT2D eigenvalue weighted by Gasteiger charge is -2.03. The summed E-state index contributed by atoms with van der Waals surface area (Å²) in [6.07, 6.45) is 0. The number of benzene rings is 1. The Balaban J connectivity index is 3.43. The van der Waals surface area contributed by atoms with Crippen LogP contribution in [0.15, 0.2) is 12.1 Å². The maximum atomic E-state index is 12.8. The van der Waals surface area contributed by atoms with Crippen molar-refractivity contribution in [3.05, 3.63) is 29.1 Å². The fourth-order valence-electron chi connectivity index (χ4n) is 0.905. The molecule has 0 aliphatic heterocycles. The Hall–Kier alpha value is -1.58. The number of rotatable bonds is 1. The van der Waals surface area contributed by atoms with Gasteiger partial charge in [-0.25, -0.2) is 4.39 Å². The number of carbonyl (C=O) groups is 1. The number of phenols is 1. The van der Waals surface area contributed by atoms with Crippen molar-refractivity contribution in [2.75, 3.05) is 0 Å². The van der Waals surface area contributed by atoms with Crippen molar-refractivity contribution in [1.82, 2.24) is 0 Å². The molecule has 1 aromatic rings. The number of primary amides is 1. The summed E-state index contributed by atoms with van der Waals surface area (Å²) >= 11 is 0. The fraction of sp³-hybridized carbons (Fsp3) is 0.125. The summed E-state index contributed by atoms with van der Waals surface area (Å²) in [5.74, 6) is -2.15. The predicted molar refractivity (Wildman–Crippen MR) is 41.3 cm³/mol. The Morgan fingerprint density at radius 3 is 2.58 bits per heavy atom. The van der Waals surface area contributed by atoms with E-state index >= 15 is 0 Å². The molecule has 0 aliphatic rings.